The normalized spacial score (nSPS) is 10.5. The molecule has 0 aliphatic carbocycles. The van der Waals surface area contributed by atoms with E-state index in [-0.39, 0.29) is 21.5 Å². The Bertz CT molecular complexity index is 808. The van der Waals surface area contributed by atoms with Crippen LogP contribution in [0.25, 0.3) is 11.1 Å². The molecule has 0 aliphatic heterocycles. The van der Waals surface area contributed by atoms with Crippen molar-refractivity contribution in [3.63, 3.8) is 0 Å². The third-order valence-corrected chi connectivity index (χ3v) is 4.43. The molecule has 0 aliphatic rings. The van der Waals surface area contributed by atoms with Crippen molar-refractivity contribution in [3.05, 3.63) is 59.0 Å². The summed E-state index contributed by atoms with van der Waals surface area (Å²) in [6.45, 7) is 1.72. The minimum Gasteiger partial charge on any atom is -0.506 e. The Morgan fingerprint density at radius 1 is 1.09 bits per heavy atom. The smallest absolute Gasteiger partial charge is 0.284 e. The summed E-state index contributed by atoms with van der Waals surface area (Å²) in [5.41, 5.74) is 0.476. The van der Waals surface area contributed by atoms with Crippen LogP contribution >= 0.6 is 31.9 Å². The minimum atomic E-state index is -0.697. The number of aromatic hydroxyl groups is 1. The van der Waals surface area contributed by atoms with Gasteiger partial charge in [-0.2, -0.15) is 0 Å². The lowest BCUT2D eigenvalue weighted by Gasteiger charge is -2.12. The fourth-order valence-electron chi connectivity index (χ4n) is 2.05. The third-order valence-electron chi connectivity index (χ3n) is 3.05. The number of non-ortho nitro benzene ring substituents is 1. The minimum absolute atomic E-state index is 0.103. The van der Waals surface area contributed by atoms with Crippen LogP contribution in [0.5, 0.6) is 5.75 Å². The van der Waals surface area contributed by atoms with Gasteiger partial charge in [0.15, 0.2) is 0 Å². The Morgan fingerprint density at radius 2 is 1.73 bits per heavy atom. The lowest BCUT2D eigenvalue weighted by molar-refractivity contribution is -0.393. The third kappa shape index (κ3) is 2.81. The van der Waals surface area contributed by atoms with Gasteiger partial charge in [-0.3, -0.25) is 20.2 Å². The predicted octanol–water partition coefficient (Wildman–Crippen LogP) is 4.71. The molecular formula is C13H8Br2N2O5. The van der Waals surface area contributed by atoms with Crippen molar-refractivity contribution in [1.29, 1.82) is 0 Å². The Kier molecular flexibility index (Phi) is 4.47. The second-order valence-corrected chi connectivity index (χ2v) is 6.08. The second-order valence-electron chi connectivity index (χ2n) is 4.43. The van der Waals surface area contributed by atoms with Crippen molar-refractivity contribution in [1.82, 2.24) is 0 Å². The van der Waals surface area contributed by atoms with Crippen LogP contribution in [0.4, 0.5) is 11.4 Å². The first-order valence-electron chi connectivity index (χ1n) is 5.84. The number of benzene rings is 2. The molecule has 0 amide bonds. The maximum Gasteiger partial charge on any atom is 0.284 e. The molecule has 2 rings (SSSR count). The van der Waals surface area contributed by atoms with E-state index in [0.29, 0.717) is 15.6 Å². The molecule has 0 saturated heterocycles. The van der Waals surface area contributed by atoms with Crippen molar-refractivity contribution in [3.8, 4) is 16.9 Å². The van der Waals surface area contributed by atoms with Crippen LogP contribution in [0.3, 0.4) is 0 Å². The van der Waals surface area contributed by atoms with E-state index in [2.05, 4.69) is 31.9 Å². The molecule has 0 fully saturated rings. The van der Waals surface area contributed by atoms with Crippen LogP contribution in [0.2, 0.25) is 0 Å². The van der Waals surface area contributed by atoms with Gasteiger partial charge in [0, 0.05) is 11.6 Å². The zero-order chi connectivity index (χ0) is 16.6. The number of phenols is 1. The topological polar surface area (TPSA) is 107 Å². The van der Waals surface area contributed by atoms with E-state index in [1.807, 2.05) is 0 Å². The summed E-state index contributed by atoms with van der Waals surface area (Å²) >= 11 is 6.39. The number of halogens is 2. The van der Waals surface area contributed by atoms with Gasteiger partial charge < -0.3 is 5.11 Å². The number of nitro groups is 2. The van der Waals surface area contributed by atoms with E-state index in [1.54, 1.807) is 13.0 Å². The summed E-state index contributed by atoms with van der Waals surface area (Å²) in [6.07, 6.45) is 0. The number of phenolic OH excluding ortho intramolecular Hbond substituents is 1. The van der Waals surface area contributed by atoms with E-state index in [9.17, 15) is 25.3 Å². The van der Waals surface area contributed by atoms with E-state index >= 15 is 0 Å². The Labute approximate surface area is 141 Å². The summed E-state index contributed by atoms with van der Waals surface area (Å²) in [5.74, 6) is -0.103. The zero-order valence-corrected chi connectivity index (χ0v) is 14.2. The molecule has 0 spiro atoms. The Morgan fingerprint density at radius 3 is 2.27 bits per heavy atom. The lowest BCUT2D eigenvalue weighted by atomic mass is 9.98. The first-order valence-corrected chi connectivity index (χ1v) is 7.43. The molecule has 0 saturated carbocycles. The summed E-state index contributed by atoms with van der Waals surface area (Å²) in [7, 11) is 0. The van der Waals surface area contributed by atoms with Crippen molar-refractivity contribution >= 4 is 43.2 Å². The summed E-state index contributed by atoms with van der Waals surface area (Å²) in [6, 6.07) is 5.00. The molecular weight excluding hydrogens is 424 g/mol. The van der Waals surface area contributed by atoms with Gasteiger partial charge in [0.1, 0.15) is 5.75 Å². The quantitative estimate of drug-likeness (QED) is 0.559. The van der Waals surface area contributed by atoms with Gasteiger partial charge in [0.25, 0.3) is 11.4 Å². The monoisotopic (exact) mass is 430 g/mol. The molecule has 0 aromatic heterocycles. The highest BCUT2D eigenvalue weighted by Gasteiger charge is 2.24. The number of nitrogens with zero attached hydrogens (tertiary/aromatic N) is 2. The number of nitro benzene ring substituents is 2. The first kappa shape index (κ1) is 16.4. The van der Waals surface area contributed by atoms with E-state index in [1.165, 1.54) is 12.1 Å². The SMILES string of the molecule is Cc1cc(Br)c(O)c(Br)c1-c1ccc([N+](=O)[O-])cc1[N+](=O)[O-]. The molecule has 0 atom stereocenters. The van der Waals surface area contributed by atoms with E-state index < -0.39 is 15.5 Å². The van der Waals surface area contributed by atoms with Crippen LogP contribution in [-0.4, -0.2) is 15.0 Å². The molecule has 2 aromatic rings. The van der Waals surface area contributed by atoms with Gasteiger partial charge >= 0.3 is 0 Å². The maximum absolute atomic E-state index is 11.2. The van der Waals surface area contributed by atoms with Gasteiger partial charge in [-0.15, -0.1) is 0 Å². The molecule has 0 unspecified atom stereocenters. The average molecular weight is 432 g/mol. The van der Waals surface area contributed by atoms with Gasteiger partial charge in [0.05, 0.1) is 30.4 Å². The fraction of sp³-hybridized carbons (Fsp3) is 0.0769. The summed E-state index contributed by atoms with van der Waals surface area (Å²) < 4.78 is 0.710. The van der Waals surface area contributed by atoms with Crippen molar-refractivity contribution in [2.75, 3.05) is 0 Å². The van der Waals surface area contributed by atoms with Crippen LogP contribution in [0, 0.1) is 27.2 Å². The summed E-state index contributed by atoms with van der Waals surface area (Å²) in [4.78, 5) is 20.6. The van der Waals surface area contributed by atoms with Crippen LogP contribution in [0.15, 0.2) is 33.2 Å². The van der Waals surface area contributed by atoms with Crippen molar-refractivity contribution in [2.45, 2.75) is 6.92 Å². The van der Waals surface area contributed by atoms with Gasteiger partial charge in [-0.25, -0.2) is 0 Å². The zero-order valence-electron chi connectivity index (χ0n) is 11.0. The molecule has 114 valence electrons. The maximum atomic E-state index is 11.2. The molecule has 1 N–H and O–H groups in total. The molecule has 0 bridgehead atoms. The van der Waals surface area contributed by atoms with Crippen LogP contribution < -0.4 is 0 Å². The molecule has 7 nitrogen and oxygen atoms in total. The van der Waals surface area contributed by atoms with E-state index in [0.717, 1.165) is 6.07 Å². The Hall–Kier alpha value is -2.00. The highest BCUT2D eigenvalue weighted by Crippen LogP contribution is 2.45. The average Bonchev–Trinajstić information content (AvgIpc) is 2.44. The standard InChI is InChI=1S/C13H8Br2N2O5/c1-6-4-9(14)13(18)12(15)11(6)8-3-2-7(16(19)20)5-10(8)17(21)22/h2-5,18H,1H3. The molecule has 9 heteroatoms. The van der Waals surface area contributed by atoms with Crippen molar-refractivity contribution < 1.29 is 15.0 Å². The predicted molar refractivity (Wildman–Crippen MR) is 87.0 cm³/mol. The number of aryl methyl sites for hydroxylation is 1. The van der Waals surface area contributed by atoms with Gasteiger partial charge in [0.2, 0.25) is 0 Å². The molecule has 0 radical (unpaired) electrons. The molecule has 0 heterocycles. The second kappa shape index (κ2) is 6.01. The Balaban J connectivity index is 2.81. The number of rotatable bonds is 3. The highest BCUT2D eigenvalue weighted by atomic mass is 79.9. The van der Waals surface area contributed by atoms with Crippen molar-refractivity contribution in [2.24, 2.45) is 0 Å². The van der Waals surface area contributed by atoms with Crippen LogP contribution in [-0.2, 0) is 0 Å². The lowest BCUT2D eigenvalue weighted by Crippen LogP contribution is -1.97. The number of hydrogen-bond donors (Lipinski definition) is 1. The summed E-state index contributed by atoms with van der Waals surface area (Å²) in [5, 5.41) is 32.0. The number of hydrogen-bond acceptors (Lipinski definition) is 5. The largest absolute Gasteiger partial charge is 0.506 e. The fourth-order valence-corrected chi connectivity index (χ4v) is 3.60. The van der Waals surface area contributed by atoms with Crippen LogP contribution in [0.1, 0.15) is 5.56 Å². The highest BCUT2D eigenvalue weighted by molar-refractivity contribution is 9.11. The first-order chi connectivity index (χ1) is 10.2. The van der Waals surface area contributed by atoms with Gasteiger partial charge in [-0.05, 0) is 56.5 Å². The molecule has 22 heavy (non-hydrogen) atoms. The van der Waals surface area contributed by atoms with E-state index in [4.69, 9.17) is 0 Å². The van der Waals surface area contributed by atoms with Gasteiger partial charge in [-0.1, -0.05) is 0 Å². The molecule has 2 aromatic carbocycles.